The molecule has 26 heavy (non-hydrogen) atoms. The van der Waals surface area contributed by atoms with Crippen LogP contribution >= 0.6 is 0 Å². The first kappa shape index (κ1) is 18.2. The maximum atomic E-state index is 13.8. The van der Waals surface area contributed by atoms with E-state index in [1.54, 1.807) is 18.2 Å². The Bertz CT molecular complexity index is 783. The molecule has 1 amide bonds. The van der Waals surface area contributed by atoms with Crippen molar-refractivity contribution in [3.8, 4) is 0 Å². The van der Waals surface area contributed by atoms with Gasteiger partial charge in [-0.05, 0) is 37.1 Å². The van der Waals surface area contributed by atoms with Crippen LogP contribution in [0.4, 0.5) is 28.9 Å². The number of nitrogens with one attached hydrogen (secondary N) is 1. The summed E-state index contributed by atoms with van der Waals surface area (Å²) in [5.41, 5.74) is -0.618. The summed E-state index contributed by atoms with van der Waals surface area (Å²) in [5.74, 6) is -1.16. The van der Waals surface area contributed by atoms with Gasteiger partial charge in [-0.15, -0.1) is 0 Å². The van der Waals surface area contributed by atoms with Gasteiger partial charge in [-0.1, -0.05) is 24.3 Å². The van der Waals surface area contributed by atoms with Gasteiger partial charge in [-0.25, -0.2) is 4.39 Å². The number of nitrogens with zero attached hydrogens (tertiary/aromatic N) is 1. The number of alkyl halides is 3. The molecule has 1 N–H and O–H groups in total. The average molecular weight is 366 g/mol. The van der Waals surface area contributed by atoms with E-state index in [9.17, 15) is 22.4 Å². The van der Waals surface area contributed by atoms with Crippen molar-refractivity contribution in [2.24, 2.45) is 5.92 Å². The lowest BCUT2D eigenvalue weighted by Crippen LogP contribution is -2.38. The molecule has 0 aliphatic carbocycles. The summed E-state index contributed by atoms with van der Waals surface area (Å²) in [6, 6.07) is 11.3. The highest BCUT2D eigenvalue weighted by molar-refractivity contribution is 5.93. The molecule has 1 aliphatic rings. The minimum atomic E-state index is -4.53. The van der Waals surface area contributed by atoms with Gasteiger partial charge in [0.05, 0.1) is 16.9 Å². The molecule has 0 bridgehead atoms. The third-order valence-electron chi connectivity index (χ3n) is 4.55. The average Bonchev–Trinajstić information content (AvgIpc) is 2.62. The normalized spacial score (nSPS) is 15.8. The molecule has 7 heteroatoms. The summed E-state index contributed by atoms with van der Waals surface area (Å²) >= 11 is 0. The van der Waals surface area contributed by atoms with Gasteiger partial charge < -0.3 is 10.2 Å². The molecule has 3 nitrogen and oxygen atoms in total. The Morgan fingerprint density at radius 2 is 1.62 bits per heavy atom. The first-order chi connectivity index (χ1) is 12.4. The lowest BCUT2D eigenvalue weighted by atomic mass is 9.95. The fourth-order valence-electron chi connectivity index (χ4n) is 3.16. The molecule has 0 unspecified atom stereocenters. The van der Waals surface area contributed by atoms with Gasteiger partial charge in [-0.3, -0.25) is 4.79 Å². The molecule has 138 valence electrons. The lowest BCUT2D eigenvalue weighted by molar-refractivity contribution is -0.137. The van der Waals surface area contributed by atoms with Crippen LogP contribution < -0.4 is 10.2 Å². The third-order valence-corrected chi connectivity index (χ3v) is 4.55. The minimum Gasteiger partial charge on any atom is -0.369 e. The molecule has 0 radical (unpaired) electrons. The molecule has 1 fully saturated rings. The van der Waals surface area contributed by atoms with Crippen molar-refractivity contribution in [3.05, 3.63) is 59.9 Å². The molecule has 1 aliphatic heterocycles. The molecule has 0 atom stereocenters. The van der Waals surface area contributed by atoms with Gasteiger partial charge in [0, 0.05) is 19.0 Å². The number of hydrogen-bond acceptors (Lipinski definition) is 2. The van der Waals surface area contributed by atoms with Crippen molar-refractivity contribution in [2.75, 3.05) is 23.3 Å². The summed E-state index contributed by atoms with van der Waals surface area (Å²) in [5, 5.41) is 2.40. The molecule has 0 spiro atoms. The summed E-state index contributed by atoms with van der Waals surface area (Å²) < 4.78 is 52.9. The Balaban J connectivity index is 1.64. The second kappa shape index (κ2) is 7.35. The maximum Gasteiger partial charge on any atom is 0.418 e. The van der Waals surface area contributed by atoms with E-state index in [0.29, 0.717) is 31.6 Å². The van der Waals surface area contributed by atoms with Crippen LogP contribution in [0.1, 0.15) is 18.4 Å². The Morgan fingerprint density at radius 3 is 2.27 bits per heavy atom. The zero-order valence-electron chi connectivity index (χ0n) is 13.9. The SMILES string of the molecule is O=C(Nc1ccccc1C(F)(F)F)C1CCN(c2ccccc2F)CC1. The van der Waals surface area contributed by atoms with Crippen LogP contribution in [0.5, 0.6) is 0 Å². The molecule has 0 aromatic heterocycles. The number of anilines is 2. The van der Waals surface area contributed by atoms with E-state index in [-0.39, 0.29) is 11.5 Å². The van der Waals surface area contributed by atoms with Crippen LogP contribution in [0.3, 0.4) is 0 Å². The van der Waals surface area contributed by atoms with Gasteiger partial charge >= 0.3 is 6.18 Å². The number of hydrogen-bond donors (Lipinski definition) is 1. The number of benzene rings is 2. The van der Waals surface area contributed by atoms with E-state index in [1.807, 2.05) is 4.90 Å². The second-order valence-electron chi connectivity index (χ2n) is 6.25. The highest BCUT2D eigenvalue weighted by atomic mass is 19.4. The fourth-order valence-corrected chi connectivity index (χ4v) is 3.16. The molecular weight excluding hydrogens is 348 g/mol. The number of carbonyl (C=O) groups excluding carboxylic acids is 1. The Hall–Kier alpha value is -2.57. The van der Waals surface area contributed by atoms with Crippen molar-refractivity contribution >= 4 is 17.3 Å². The number of para-hydroxylation sites is 2. The van der Waals surface area contributed by atoms with Crippen molar-refractivity contribution in [2.45, 2.75) is 19.0 Å². The first-order valence-electron chi connectivity index (χ1n) is 8.33. The van der Waals surface area contributed by atoms with Crippen LogP contribution in [0.15, 0.2) is 48.5 Å². The van der Waals surface area contributed by atoms with Gasteiger partial charge in [0.15, 0.2) is 0 Å². The van der Waals surface area contributed by atoms with Gasteiger partial charge in [0.2, 0.25) is 5.91 Å². The van der Waals surface area contributed by atoms with Crippen molar-refractivity contribution in [1.29, 1.82) is 0 Å². The molecule has 2 aromatic carbocycles. The number of rotatable bonds is 3. The van der Waals surface area contributed by atoms with E-state index in [2.05, 4.69) is 5.32 Å². The smallest absolute Gasteiger partial charge is 0.369 e. The maximum absolute atomic E-state index is 13.8. The van der Waals surface area contributed by atoms with Crippen LogP contribution in [0.25, 0.3) is 0 Å². The summed E-state index contributed by atoms with van der Waals surface area (Å²) in [6.07, 6.45) is -3.62. The predicted molar refractivity (Wildman–Crippen MR) is 91.4 cm³/mol. The number of piperidine rings is 1. The predicted octanol–water partition coefficient (Wildman–Crippen LogP) is 4.70. The zero-order valence-corrected chi connectivity index (χ0v) is 13.9. The standard InChI is InChI=1S/C19H18F4N2O/c20-15-6-2-4-8-17(15)25-11-9-13(10-12-25)18(26)24-16-7-3-1-5-14(16)19(21,22)23/h1-8,13H,9-12H2,(H,24,26). The highest BCUT2D eigenvalue weighted by Gasteiger charge is 2.34. The number of carbonyl (C=O) groups is 1. The number of halogens is 4. The molecule has 1 saturated heterocycles. The quantitative estimate of drug-likeness (QED) is 0.799. The van der Waals surface area contributed by atoms with Gasteiger partial charge in [0.1, 0.15) is 5.82 Å². The molecule has 1 heterocycles. The van der Waals surface area contributed by atoms with Crippen LogP contribution in [-0.4, -0.2) is 19.0 Å². The first-order valence-corrected chi connectivity index (χ1v) is 8.33. The molecule has 2 aromatic rings. The molecule has 0 saturated carbocycles. The largest absolute Gasteiger partial charge is 0.418 e. The monoisotopic (exact) mass is 366 g/mol. The fraction of sp³-hybridized carbons (Fsp3) is 0.316. The van der Waals surface area contributed by atoms with E-state index >= 15 is 0 Å². The van der Waals surface area contributed by atoms with Gasteiger partial charge in [0.25, 0.3) is 0 Å². The Morgan fingerprint density at radius 1 is 1.00 bits per heavy atom. The molecule has 3 rings (SSSR count). The van der Waals surface area contributed by atoms with Crippen LogP contribution in [0, 0.1) is 11.7 Å². The van der Waals surface area contributed by atoms with E-state index in [0.717, 1.165) is 6.07 Å². The summed E-state index contributed by atoms with van der Waals surface area (Å²) in [7, 11) is 0. The Kier molecular flexibility index (Phi) is 5.15. The zero-order chi connectivity index (χ0) is 18.7. The van der Waals surface area contributed by atoms with Crippen molar-refractivity contribution in [3.63, 3.8) is 0 Å². The van der Waals surface area contributed by atoms with E-state index in [4.69, 9.17) is 0 Å². The lowest BCUT2D eigenvalue weighted by Gasteiger charge is -2.33. The van der Waals surface area contributed by atoms with Crippen LogP contribution in [-0.2, 0) is 11.0 Å². The van der Waals surface area contributed by atoms with Crippen molar-refractivity contribution < 1.29 is 22.4 Å². The summed E-state index contributed by atoms with van der Waals surface area (Å²) in [4.78, 5) is 14.2. The topological polar surface area (TPSA) is 32.3 Å². The summed E-state index contributed by atoms with van der Waals surface area (Å²) in [6.45, 7) is 0.944. The van der Waals surface area contributed by atoms with Gasteiger partial charge in [-0.2, -0.15) is 13.2 Å². The van der Waals surface area contributed by atoms with E-state index < -0.39 is 23.6 Å². The number of amides is 1. The minimum absolute atomic E-state index is 0.235. The third kappa shape index (κ3) is 3.98. The van der Waals surface area contributed by atoms with E-state index in [1.165, 1.54) is 24.3 Å². The highest BCUT2D eigenvalue weighted by Crippen LogP contribution is 2.35. The van der Waals surface area contributed by atoms with Crippen LogP contribution in [0.2, 0.25) is 0 Å². The Labute approximate surface area is 148 Å². The van der Waals surface area contributed by atoms with Crippen molar-refractivity contribution in [1.82, 2.24) is 0 Å². The molecular formula is C19H18F4N2O. The second-order valence-corrected chi connectivity index (χ2v) is 6.25.